The van der Waals surface area contributed by atoms with Crippen LogP contribution in [-0.2, 0) is 4.74 Å². The fraction of sp³-hybridized carbons (Fsp3) is 1.00. The molecule has 1 aliphatic rings. The molecule has 0 aromatic rings. The minimum Gasteiger partial charge on any atom is -0.388 e. The van der Waals surface area contributed by atoms with Crippen LogP contribution in [0.1, 0.15) is 33.6 Å². The van der Waals surface area contributed by atoms with Gasteiger partial charge < -0.3 is 15.2 Å². The largest absolute Gasteiger partial charge is 0.388 e. The van der Waals surface area contributed by atoms with Crippen molar-refractivity contribution in [2.24, 2.45) is 5.92 Å². The molecule has 0 aliphatic heterocycles. The highest BCUT2D eigenvalue weighted by Crippen LogP contribution is 2.33. The van der Waals surface area contributed by atoms with Crippen molar-refractivity contribution >= 4 is 0 Å². The van der Waals surface area contributed by atoms with Gasteiger partial charge in [0.05, 0.1) is 11.7 Å². The van der Waals surface area contributed by atoms with E-state index in [1.165, 1.54) is 0 Å². The van der Waals surface area contributed by atoms with E-state index in [4.69, 9.17) is 4.74 Å². The summed E-state index contributed by atoms with van der Waals surface area (Å²) >= 11 is 0. The van der Waals surface area contributed by atoms with E-state index in [1.807, 2.05) is 6.92 Å². The summed E-state index contributed by atoms with van der Waals surface area (Å²) in [6, 6.07) is 0. The third-order valence-corrected chi connectivity index (χ3v) is 2.62. The standard InChI is InChI=1S/C11H23NO2/c1-4-14-10-5-11(13,6-10)8-12-7-9(2)3/h9-10,12-13H,4-8H2,1-3H3. The second-order valence-electron chi connectivity index (χ2n) is 4.73. The lowest BCUT2D eigenvalue weighted by molar-refractivity contribution is -0.134. The van der Waals surface area contributed by atoms with Gasteiger partial charge >= 0.3 is 0 Å². The summed E-state index contributed by atoms with van der Waals surface area (Å²) in [5.74, 6) is 0.640. The number of hydrogen-bond donors (Lipinski definition) is 2. The molecule has 1 saturated carbocycles. The monoisotopic (exact) mass is 201 g/mol. The normalized spacial score (nSPS) is 31.9. The highest BCUT2D eigenvalue weighted by Gasteiger charge is 2.42. The van der Waals surface area contributed by atoms with Crippen molar-refractivity contribution in [1.29, 1.82) is 0 Å². The van der Waals surface area contributed by atoms with Gasteiger partial charge in [-0.3, -0.25) is 0 Å². The molecule has 0 bridgehead atoms. The molecule has 0 radical (unpaired) electrons. The Balaban J connectivity index is 2.08. The summed E-state index contributed by atoms with van der Waals surface area (Å²) in [5.41, 5.74) is -0.505. The van der Waals surface area contributed by atoms with E-state index < -0.39 is 5.60 Å². The summed E-state index contributed by atoms with van der Waals surface area (Å²) in [6.45, 7) is 8.76. The van der Waals surface area contributed by atoms with E-state index in [0.29, 0.717) is 12.5 Å². The average molecular weight is 201 g/mol. The fourth-order valence-electron chi connectivity index (χ4n) is 1.88. The minimum atomic E-state index is -0.505. The van der Waals surface area contributed by atoms with Crippen molar-refractivity contribution in [1.82, 2.24) is 5.32 Å². The maximum atomic E-state index is 9.98. The quantitative estimate of drug-likeness (QED) is 0.677. The molecule has 14 heavy (non-hydrogen) atoms. The van der Waals surface area contributed by atoms with Gasteiger partial charge in [0.1, 0.15) is 0 Å². The Hall–Kier alpha value is -0.120. The molecule has 2 N–H and O–H groups in total. The van der Waals surface area contributed by atoms with Crippen molar-refractivity contribution in [3.05, 3.63) is 0 Å². The number of nitrogens with one attached hydrogen (secondary N) is 1. The van der Waals surface area contributed by atoms with E-state index in [0.717, 1.165) is 26.0 Å². The first-order chi connectivity index (χ1) is 6.56. The molecule has 3 nitrogen and oxygen atoms in total. The second kappa shape index (κ2) is 5.10. The van der Waals surface area contributed by atoms with Crippen molar-refractivity contribution in [2.75, 3.05) is 19.7 Å². The molecule has 3 heteroatoms. The van der Waals surface area contributed by atoms with E-state index in [1.54, 1.807) is 0 Å². The summed E-state index contributed by atoms with van der Waals surface area (Å²) < 4.78 is 5.41. The Kier molecular flexibility index (Phi) is 4.35. The first kappa shape index (κ1) is 12.0. The molecule has 0 unspecified atom stereocenters. The van der Waals surface area contributed by atoms with Gasteiger partial charge in [-0.25, -0.2) is 0 Å². The maximum absolute atomic E-state index is 9.98. The van der Waals surface area contributed by atoms with Gasteiger partial charge in [-0.15, -0.1) is 0 Å². The van der Waals surface area contributed by atoms with Gasteiger partial charge in [0.2, 0.25) is 0 Å². The summed E-state index contributed by atoms with van der Waals surface area (Å²) in [5, 5.41) is 13.3. The first-order valence-electron chi connectivity index (χ1n) is 5.60. The highest BCUT2D eigenvalue weighted by molar-refractivity contribution is 4.96. The molecule has 0 saturated heterocycles. The smallest absolute Gasteiger partial charge is 0.0820 e. The van der Waals surface area contributed by atoms with Crippen molar-refractivity contribution in [2.45, 2.75) is 45.3 Å². The Bertz CT molecular complexity index is 165. The van der Waals surface area contributed by atoms with Gasteiger partial charge in [0, 0.05) is 26.0 Å². The average Bonchev–Trinajstić information content (AvgIpc) is 2.01. The van der Waals surface area contributed by atoms with Gasteiger partial charge in [-0.05, 0) is 19.4 Å². The van der Waals surface area contributed by atoms with Crippen molar-refractivity contribution in [3.8, 4) is 0 Å². The van der Waals surface area contributed by atoms with Crippen LogP contribution >= 0.6 is 0 Å². The Morgan fingerprint density at radius 1 is 1.50 bits per heavy atom. The van der Waals surface area contributed by atoms with Crippen LogP contribution in [0.3, 0.4) is 0 Å². The zero-order valence-electron chi connectivity index (χ0n) is 9.55. The number of ether oxygens (including phenoxy) is 1. The van der Waals surface area contributed by atoms with Gasteiger partial charge in [-0.2, -0.15) is 0 Å². The molecule has 0 aromatic heterocycles. The summed E-state index contributed by atoms with van der Waals surface area (Å²) in [7, 11) is 0. The molecule has 1 rings (SSSR count). The topological polar surface area (TPSA) is 41.5 Å². The van der Waals surface area contributed by atoms with Crippen molar-refractivity contribution < 1.29 is 9.84 Å². The molecule has 84 valence electrons. The molecule has 1 fully saturated rings. The molecular formula is C11H23NO2. The van der Waals surface area contributed by atoms with Crippen LogP contribution in [0.4, 0.5) is 0 Å². The van der Waals surface area contributed by atoms with Crippen LogP contribution < -0.4 is 5.32 Å². The fourth-order valence-corrected chi connectivity index (χ4v) is 1.88. The lowest BCUT2D eigenvalue weighted by Crippen LogP contribution is -2.54. The zero-order chi connectivity index (χ0) is 10.6. The van der Waals surface area contributed by atoms with Crippen LogP contribution in [0.5, 0.6) is 0 Å². The second-order valence-corrected chi connectivity index (χ2v) is 4.73. The SMILES string of the molecule is CCOC1CC(O)(CNCC(C)C)C1. The molecule has 0 amide bonds. The summed E-state index contributed by atoms with van der Waals surface area (Å²) in [6.07, 6.45) is 1.85. The van der Waals surface area contributed by atoms with Crippen LogP contribution in [0.15, 0.2) is 0 Å². The first-order valence-corrected chi connectivity index (χ1v) is 5.60. The van der Waals surface area contributed by atoms with E-state index in [-0.39, 0.29) is 6.10 Å². The summed E-state index contributed by atoms with van der Waals surface area (Å²) in [4.78, 5) is 0. The zero-order valence-corrected chi connectivity index (χ0v) is 9.55. The third kappa shape index (κ3) is 3.56. The molecule has 0 heterocycles. The maximum Gasteiger partial charge on any atom is 0.0820 e. The molecule has 0 aromatic carbocycles. The number of hydrogen-bond acceptors (Lipinski definition) is 3. The lowest BCUT2D eigenvalue weighted by atomic mass is 9.77. The van der Waals surface area contributed by atoms with Gasteiger partial charge in [0.15, 0.2) is 0 Å². The van der Waals surface area contributed by atoms with E-state index >= 15 is 0 Å². The number of rotatable bonds is 6. The molecular weight excluding hydrogens is 178 g/mol. The Morgan fingerprint density at radius 3 is 2.64 bits per heavy atom. The van der Waals surface area contributed by atoms with E-state index in [2.05, 4.69) is 19.2 Å². The third-order valence-electron chi connectivity index (χ3n) is 2.62. The molecule has 0 spiro atoms. The van der Waals surface area contributed by atoms with Gasteiger partial charge in [-0.1, -0.05) is 13.8 Å². The Labute approximate surface area is 86.8 Å². The lowest BCUT2D eigenvalue weighted by Gasteiger charge is -2.43. The van der Waals surface area contributed by atoms with Gasteiger partial charge in [0.25, 0.3) is 0 Å². The predicted molar refractivity (Wildman–Crippen MR) is 57.3 cm³/mol. The minimum absolute atomic E-state index is 0.283. The van der Waals surface area contributed by atoms with Crippen LogP contribution in [-0.4, -0.2) is 36.5 Å². The molecule has 0 atom stereocenters. The molecule has 1 aliphatic carbocycles. The Morgan fingerprint density at radius 2 is 2.14 bits per heavy atom. The predicted octanol–water partition coefficient (Wildman–Crippen LogP) is 1.16. The highest BCUT2D eigenvalue weighted by atomic mass is 16.5. The van der Waals surface area contributed by atoms with Crippen molar-refractivity contribution in [3.63, 3.8) is 0 Å². The van der Waals surface area contributed by atoms with E-state index in [9.17, 15) is 5.11 Å². The van der Waals surface area contributed by atoms with Crippen LogP contribution in [0.25, 0.3) is 0 Å². The number of aliphatic hydroxyl groups is 1. The van der Waals surface area contributed by atoms with Crippen LogP contribution in [0, 0.1) is 5.92 Å². The van der Waals surface area contributed by atoms with Crippen LogP contribution in [0.2, 0.25) is 0 Å².